The molecule has 166 valence electrons. The van der Waals surface area contributed by atoms with E-state index in [0.29, 0.717) is 11.2 Å². The highest BCUT2D eigenvalue weighted by molar-refractivity contribution is 5.74. The zero-order chi connectivity index (χ0) is 21.4. The van der Waals surface area contributed by atoms with Crippen LogP contribution in [0, 0.1) is 0 Å². The van der Waals surface area contributed by atoms with Crippen LogP contribution in [0.3, 0.4) is 0 Å². The molecule has 1 aliphatic heterocycles. The van der Waals surface area contributed by atoms with E-state index in [1.165, 1.54) is 31.7 Å². The van der Waals surface area contributed by atoms with E-state index in [4.69, 9.17) is 0 Å². The van der Waals surface area contributed by atoms with Gasteiger partial charge < -0.3 is 15.0 Å². The lowest BCUT2D eigenvalue weighted by molar-refractivity contribution is -0.162. The lowest BCUT2D eigenvalue weighted by Gasteiger charge is -2.21. The van der Waals surface area contributed by atoms with Crippen LogP contribution < -0.4 is 5.32 Å². The lowest BCUT2D eigenvalue weighted by Crippen LogP contribution is -2.34. The van der Waals surface area contributed by atoms with Gasteiger partial charge in [-0.05, 0) is 31.7 Å². The molecule has 3 fully saturated rings. The number of aromatic nitrogens is 3. The van der Waals surface area contributed by atoms with E-state index in [1.807, 2.05) is 0 Å². The maximum atomic E-state index is 13.5. The summed E-state index contributed by atoms with van der Waals surface area (Å²) in [6.45, 7) is 0.0641. The number of aliphatic hydroxyl groups excluding tert-OH is 1. The third-order valence-electron chi connectivity index (χ3n) is 6.85. The van der Waals surface area contributed by atoms with Crippen LogP contribution in [0.15, 0.2) is 12.3 Å². The van der Waals surface area contributed by atoms with Crippen molar-refractivity contribution in [3.63, 3.8) is 0 Å². The molecule has 5 nitrogen and oxygen atoms in total. The Hall–Kier alpha value is -1.67. The van der Waals surface area contributed by atoms with Crippen molar-refractivity contribution in [2.45, 2.75) is 87.9 Å². The minimum atomic E-state index is -4.25. The Bertz CT molecular complexity index is 867. The first-order valence-corrected chi connectivity index (χ1v) is 11.1. The van der Waals surface area contributed by atoms with Gasteiger partial charge in [-0.15, -0.1) is 0 Å². The van der Waals surface area contributed by atoms with E-state index < -0.39 is 11.6 Å². The third-order valence-corrected chi connectivity index (χ3v) is 6.85. The van der Waals surface area contributed by atoms with Crippen LogP contribution >= 0.6 is 0 Å². The van der Waals surface area contributed by atoms with Gasteiger partial charge >= 0.3 is 6.18 Å². The zero-order valence-corrected chi connectivity index (χ0v) is 17.5. The summed E-state index contributed by atoms with van der Waals surface area (Å²) in [4.78, 5) is 9.03. The predicted octanol–water partition coefficient (Wildman–Crippen LogP) is 4.69. The molecule has 2 unspecified atom stereocenters. The third kappa shape index (κ3) is 4.08. The molecule has 2 aromatic rings. The number of fused-ring (bicyclic) bond motifs is 1. The minimum Gasteiger partial charge on any atom is -0.395 e. The Morgan fingerprint density at radius 3 is 2.37 bits per heavy atom. The van der Waals surface area contributed by atoms with Gasteiger partial charge in [-0.1, -0.05) is 38.5 Å². The van der Waals surface area contributed by atoms with E-state index in [2.05, 4.69) is 15.3 Å². The molecule has 2 aliphatic carbocycles. The van der Waals surface area contributed by atoms with Gasteiger partial charge in [0.15, 0.2) is 5.65 Å². The summed E-state index contributed by atoms with van der Waals surface area (Å²) in [6.07, 6.45) is 7.47. The zero-order valence-electron chi connectivity index (χ0n) is 17.5. The molecule has 2 saturated carbocycles. The van der Waals surface area contributed by atoms with Crippen molar-refractivity contribution in [1.82, 2.24) is 19.9 Å². The maximum absolute atomic E-state index is 13.5. The number of rotatable bonds is 3. The van der Waals surface area contributed by atoms with Gasteiger partial charge in [-0.3, -0.25) is 4.98 Å². The van der Waals surface area contributed by atoms with Crippen LogP contribution in [0.25, 0.3) is 11.2 Å². The Morgan fingerprint density at radius 2 is 1.80 bits per heavy atom. The summed E-state index contributed by atoms with van der Waals surface area (Å²) in [5, 5.41) is 12.9. The van der Waals surface area contributed by atoms with Crippen molar-refractivity contribution in [1.29, 1.82) is 0 Å². The number of nitrogens with one attached hydrogen (secondary N) is 1. The number of halogens is 3. The smallest absolute Gasteiger partial charge is 0.395 e. The molecule has 3 heterocycles. The fraction of sp³-hybridized carbons (Fsp3) is 0.727. The number of aryl methyl sites for hydroxylation is 1. The Kier molecular flexibility index (Phi) is 6.08. The topological polar surface area (TPSA) is 63.0 Å². The number of aliphatic hydroxyl groups is 1. The first-order chi connectivity index (χ1) is 14.4. The summed E-state index contributed by atoms with van der Waals surface area (Å²) < 4.78 is 42.0. The van der Waals surface area contributed by atoms with Gasteiger partial charge in [0.05, 0.1) is 24.5 Å². The lowest BCUT2D eigenvalue weighted by atomic mass is 10.0. The second kappa shape index (κ2) is 8.46. The van der Waals surface area contributed by atoms with Crippen molar-refractivity contribution < 1.29 is 18.3 Å². The second-order valence-electron chi connectivity index (χ2n) is 8.97. The van der Waals surface area contributed by atoms with E-state index in [0.717, 1.165) is 31.4 Å². The Labute approximate surface area is 175 Å². The van der Waals surface area contributed by atoms with Crippen molar-refractivity contribution in [2.75, 3.05) is 6.61 Å². The van der Waals surface area contributed by atoms with Crippen LogP contribution in [0.4, 0.5) is 13.2 Å². The highest BCUT2D eigenvalue weighted by atomic mass is 19.4. The molecule has 2 N–H and O–H groups in total. The Balaban J connectivity index is 0.000000489. The molecule has 0 amide bonds. The first-order valence-electron chi connectivity index (χ1n) is 11.1. The van der Waals surface area contributed by atoms with Crippen LogP contribution in [0.2, 0.25) is 0 Å². The predicted molar refractivity (Wildman–Crippen MR) is 109 cm³/mol. The molecule has 0 aromatic carbocycles. The van der Waals surface area contributed by atoms with Crippen LogP contribution in [-0.2, 0) is 12.5 Å². The number of hydrogen-bond acceptors (Lipinski definition) is 4. The van der Waals surface area contributed by atoms with Gasteiger partial charge in [0.1, 0.15) is 10.9 Å². The highest BCUT2D eigenvalue weighted by Gasteiger charge is 2.65. The van der Waals surface area contributed by atoms with Gasteiger partial charge in [-0.25, -0.2) is 4.98 Å². The molecule has 0 radical (unpaired) electrons. The number of alkyl halides is 3. The standard InChI is InChI=1S/C18H23F3N4O.C4H8/c1-25-15(17(6-7-17)18(19,20)21)8-13-16(25)24-14(9-22-13)12-5-3-2-4-11(10-26)23-12;1-2-4-3-1/h8-9,11-12,23,26H,2-7,10H2,1H3;1-4H2. The summed E-state index contributed by atoms with van der Waals surface area (Å²) in [5.41, 5.74) is 0.211. The molecule has 0 spiro atoms. The van der Waals surface area contributed by atoms with Crippen LogP contribution in [-0.4, -0.2) is 38.5 Å². The van der Waals surface area contributed by atoms with Gasteiger partial charge in [0.25, 0.3) is 0 Å². The summed E-state index contributed by atoms with van der Waals surface area (Å²) in [6, 6.07) is 1.51. The molecule has 0 bridgehead atoms. The van der Waals surface area contributed by atoms with E-state index >= 15 is 0 Å². The van der Waals surface area contributed by atoms with Gasteiger partial charge in [0.2, 0.25) is 0 Å². The van der Waals surface area contributed by atoms with Crippen LogP contribution in [0.1, 0.15) is 81.6 Å². The summed E-state index contributed by atoms with van der Waals surface area (Å²) in [5.74, 6) is 0. The molecule has 30 heavy (non-hydrogen) atoms. The highest BCUT2D eigenvalue weighted by Crippen LogP contribution is 2.59. The van der Waals surface area contributed by atoms with Crippen LogP contribution in [0.5, 0.6) is 0 Å². The molecular formula is C22H31F3N4O. The van der Waals surface area contributed by atoms with Crippen molar-refractivity contribution in [3.05, 3.63) is 23.7 Å². The normalized spacial score (nSPS) is 25.8. The summed E-state index contributed by atoms with van der Waals surface area (Å²) in [7, 11) is 1.64. The Morgan fingerprint density at radius 1 is 1.13 bits per heavy atom. The molecular weight excluding hydrogens is 393 g/mol. The molecule has 1 saturated heterocycles. The second-order valence-corrected chi connectivity index (χ2v) is 8.97. The average Bonchev–Trinajstić information content (AvgIpc) is 3.44. The monoisotopic (exact) mass is 424 g/mol. The largest absolute Gasteiger partial charge is 0.399 e. The number of nitrogens with zero attached hydrogens (tertiary/aromatic N) is 3. The van der Waals surface area contributed by atoms with Gasteiger partial charge in [-0.2, -0.15) is 13.2 Å². The van der Waals surface area contributed by atoms with E-state index in [1.54, 1.807) is 17.8 Å². The van der Waals surface area contributed by atoms with Crippen molar-refractivity contribution in [3.8, 4) is 0 Å². The van der Waals surface area contributed by atoms with Crippen molar-refractivity contribution >= 4 is 11.2 Å². The fourth-order valence-electron chi connectivity index (χ4n) is 4.35. The maximum Gasteiger partial charge on any atom is 0.399 e. The van der Waals surface area contributed by atoms with Gasteiger partial charge in [0, 0.05) is 18.8 Å². The minimum absolute atomic E-state index is 0.0175. The molecule has 2 atom stereocenters. The SMILES string of the molecule is C1CCC1.Cn1c(C2(C(F)(F)F)CC2)cc2ncc(C3CCCCC(CO)N3)nc21. The first kappa shape index (κ1) is 21.6. The average molecular weight is 425 g/mol. The summed E-state index contributed by atoms with van der Waals surface area (Å²) >= 11 is 0. The fourth-order valence-corrected chi connectivity index (χ4v) is 4.35. The number of hydrogen-bond donors (Lipinski definition) is 2. The molecule has 3 aliphatic rings. The molecule has 8 heteroatoms. The van der Waals surface area contributed by atoms with E-state index in [9.17, 15) is 18.3 Å². The molecule has 2 aromatic heterocycles. The van der Waals surface area contributed by atoms with Crippen molar-refractivity contribution in [2.24, 2.45) is 7.05 Å². The van der Waals surface area contributed by atoms with E-state index in [-0.39, 0.29) is 37.2 Å². The quantitative estimate of drug-likeness (QED) is 0.751. The molecule has 5 rings (SSSR count).